The summed E-state index contributed by atoms with van der Waals surface area (Å²) in [7, 11) is 0. The number of benzene rings is 1. The lowest BCUT2D eigenvalue weighted by molar-refractivity contribution is 0.0697. The van der Waals surface area contributed by atoms with Crippen molar-refractivity contribution in [3.63, 3.8) is 0 Å². The number of aromatic carboxylic acids is 1. The summed E-state index contributed by atoms with van der Waals surface area (Å²) in [5, 5.41) is 12.3. The number of nitrogens with zero attached hydrogens (tertiary/aromatic N) is 1. The summed E-state index contributed by atoms with van der Waals surface area (Å²) in [5.74, 6) is -0.213. The van der Waals surface area contributed by atoms with Crippen LogP contribution < -0.4 is 5.32 Å². The van der Waals surface area contributed by atoms with Crippen LogP contribution in [-0.2, 0) is 0 Å². The van der Waals surface area contributed by atoms with Crippen LogP contribution in [0, 0.1) is 5.92 Å². The molecule has 0 aromatic heterocycles. The minimum atomic E-state index is -0.878. The maximum Gasteiger partial charge on any atom is 0.335 e. The summed E-state index contributed by atoms with van der Waals surface area (Å²) >= 11 is 0. The fourth-order valence-electron chi connectivity index (χ4n) is 2.39. The summed E-state index contributed by atoms with van der Waals surface area (Å²) in [6, 6.07) is 6.99. The molecule has 2 N–H and O–H groups in total. The molecule has 0 bridgehead atoms. The van der Waals surface area contributed by atoms with Gasteiger partial charge in [0.2, 0.25) is 0 Å². The number of hydrogen-bond acceptors (Lipinski definition) is 3. The number of anilines is 1. The molecule has 1 heterocycles. The van der Waals surface area contributed by atoms with E-state index >= 15 is 0 Å². The summed E-state index contributed by atoms with van der Waals surface area (Å²) in [4.78, 5) is 13.3. The summed E-state index contributed by atoms with van der Waals surface area (Å²) in [6.07, 6.45) is 1.22. The quantitative estimate of drug-likeness (QED) is 0.838. The minimum Gasteiger partial charge on any atom is -0.478 e. The van der Waals surface area contributed by atoms with Crippen molar-refractivity contribution < 1.29 is 9.90 Å². The minimum absolute atomic E-state index is 0.335. The van der Waals surface area contributed by atoms with Gasteiger partial charge < -0.3 is 15.3 Å². The number of carboxylic acids is 1. The molecule has 1 saturated heterocycles. The smallest absolute Gasteiger partial charge is 0.335 e. The van der Waals surface area contributed by atoms with Crippen LogP contribution in [0.4, 0.5) is 5.69 Å². The Labute approximate surface area is 108 Å². The fourth-order valence-corrected chi connectivity index (χ4v) is 2.39. The third-order valence-corrected chi connectivity index (χ3v) is 3.52. The van der Waals surface area contributed by atoms with Crippen molar-refractivity contribution in [3.05, 3.63) is 29.8 Å². The normalized spacial score (nSPS) is 19.9. The van der Waals surface area contributed by atoms with Crippen LogP contribution in [0.3, 0.4) is 0 Å². The molecule has 0 aliphatic carbocycles. The van der Waals surface area contributed by atoms with Gasteiger partial charge in [0.25, 0.3) is 0 Å². The van der Waals surface area contributed by atoms with Crippen molar-refractivity contribution >= 4 is 11.7 Å². The summed E-state index contributed by atoms with van der Waals surface area (Å²) in [5.41, 5.74) is 1.23. The monoisotopic (exact) mass is 248 g/mol. The molecule has 4 nitrogen and oxygen atoms in total. The predicted octanol–water partition coefficient (Wildman–Crippen LogP) is 2.14. The Hall–Kier alpha value is -1.55. The van der Waals surface area contributed by atoms with Crippen LogP contribution in [-0.4, -0.2) is 42.2 Å². The van der Waals surface area contributed by atoms with E-state index in [4.69, 9.17) is 5.11 Å². The van der Waals surface area contributed by atoms with Gasteiger partial charge in [0, 0.05) is 18.8 Å². The van der Waals surface area contributed by atoms with Gasteiger partial charge in [-0.3, -0.25) is 0 Å². The Morgan fingerprint density at radius 2 is 2.39 bits per heavy atom. The number of rotatable bonds is 5. The predicted molar refractivity (Wildman–Crippen MR) is 72.1 cm³/mol. The first kappa shape index (κ1) is 12.9. The van der Waals surface area contributed by atoms with Gasteiger partial charge >= 0.3 is 5.97 Å². The molecule has 0 spiro atoms. The third-order valence-electron chi connectivity index (χ3n) is 3.52. The maximum absolute atomic E-state index is 10.9. The number of likely N-dealkylation sites (tertiary alicyclic amines) is 1. The van der Waals surface area contributed by atoms with Gasteiger partial charge in [0.05, 0.1) is 5.56 Å². The van der Waals surface area contributed by atoms with E-state index < -0.39 is 5.97 Å². The molecule has 1 atom stereocenters. The highest BCUT2D eigenvalue weighted by Gasteiger charge is 2.20. The standard InChI is InChI=1S/C14H20N2O2/c1-2-16-7-6-11(10-16)9-15-13-5-3-4-12(8-13)14(17)18/h3-5,8,11,15H,2,6-7,9-10H2,1H3,(H,17,18). The van der Waals surface area contributed by atoms with Crippen molar-refractivity contribution in [2.75, 3.05) is 31.5 Å². The highest BCUT2D eigenvalue weighted by molar-refractivity contribution is 5.88. The molecule has 2 rings (SSSR count). The summed E-state index contributed by atoms with van der Waals surface area (Å²) in [6.45, 7) is 6.54. The molecule has 18 heavy (non-hydrogen) atoms. The first-order valence-corrected chi connectivity index (χ1v) is 6.48. The molecule has 1 fully saturated rings. The highest BCUT2D eigenvalue weighted by Crippen LogP contribution is 2.17. The second-order valence-electron chi connectivity index (χ2n) is 4.81. The van der Waals surface area contributed by atoms with Gasteiger partial charge in [-0.15, -0.1) is 0 Å². The van der Waals surface area contributed by atoms with Crippen LogP contribution >= 0.6 is 0 Å². The Kier molecular flexibility index (Phi) is 4.20. The first-order chi connectivity index (χ1) is 8.69. The van der Waals surface area contributed by atoms with Gasteiger partial charge in [-0.1, -0.05) is 13.0 Å². The van der Waals surface area contributed by atoms with Gasteiger partial charge in [-0.25, -0.2) is 4.79 Å². The molecule has 0 amide bonds. The van der Waals surface area contributed by atoms with E-state index in [1.807, 2.05) is 6.07 Å². The number of hydrogen-bond donors (Lipinski definition) is 2. The second kappa shape index (κ2) is 5.87. The van der Waals surface area contributed by atoms with E-state index in [1.54, 1.807) is 18.2 Å². The van der Waals surface area contributed by atoms with E-state index in [1.165, 1.54) is 13.0 Å². The van der Waals surface area contributed by atoms with Crippen molar-refractivity contribution in [1.29, 1.82) is 0 Å². The molecular formula is C14H20N2O2. The van der Waals surface area contributed by atoms with Crippen LogP contribution in [0.2, 0.25) is 0 Å². The third kappa shape index (κ3) is 3.23. The van der Waals surface area contributed by atoms with Crippen LogP contribution in [0.25, 0.3) is 0 Å². The maximum atomic E-state index is 10.9. The van der Waals surface area contributed by atoms with Gasteiger partial charge in [-0.05, 0) is 43.6 Å². The number of carboxylic acid groups (broad SMARTS) is 1. The van der Waals surface area contributed by atoms with Crippen LogP contribution in [0.1, 0.15) is 23.7 Å². The zero-order valence-electron chi connectivity index (χ0n) is 10.7. The lowest BCUT2D eigenvalue weighted by Crippen LogP contribution is -2.22. The second-order valence-corrected chi connectivity index (χ2v) is 4.81. The van der Waals surface area contributed by atoms with Crippen molar-refractivity contribution in [2.24, 2.45) is 5.92 Å². The Morgan fingerprint density at radius 1 is 1.56 bits per heavy atom. The van der Waals surface area contributed by atoms with Crippen LogP contribution in [0.15, 0.2) is 24.3 Å². The fraction of sp³-hybridized carbons (Fsp3) is 0.500. The van der Waals surface area contributed by atoms with Gasteiger partial charge in [0.1, 0.15) is 0 Å². The largest absolute Gasteiger partial charge is 0.478 e. The lowest BCUT2D eigenvalue weighted by Gasteiger charge is -2.14. The number of nitrogens with one attached hydrogen (secondary N) is 1. The molecule has 0 saturated carbocycles. The van der Waals surface area contributed by atoms with E-state index in [0.29, 0.717) is 11.5 Å². The topological polar surface area (TPSA) is 52.6 Å². The average Bonchev–Trinajstić information content (AvgIpc) is 2.84. The van der Waals surface area contributed by atoms with E-state index in [9.17, 15) is 4.79 Å². The zero-order chi connectivity index (χ0) is 13.0. The Bertz CT molecular complexity index is 420. The van der Waals surface area contributed by atoms with Crippen LogP contribution in [0.5, 0.6) is 0 Å². The Morgan fingerprint density at radius 3 is 3.06 bits per heavy atom. The molecule has 1 aliphatic heterocycles. The molecule has 1 unspecified atom stereocenters. The number of carbonyl (C=O) groups is 1. The SMILES string of the molecule is CCN1CCC(CNc2cccc(C(=O)O)c2)C1. The van der Waals surface area contributed by atoms with Gasteiger partial charge in [0.15, 0.2) is 0 Å². The molecule has 1 aromatic rings. The molecular weight excluding hydrogens is 228 g/mol. The van der Waals surface area contributed by atoms with E-state index in [2.05, 4.69) is 17.1 Å². The van der Waals surface area contributed by atoms with Crippen molar-refractivity contribution in [3.8, 4) is 0 Å². The zero-order valence-corrected chi connectivity index (χ0v) is 10.7. The molecule has 1 aromatic carbocycles. The lowest BCUT2D eigenvalue weighted by atomic mass is 10.1. The molecule has 0 radical (unpaired) electrons. The van der Waals surface area contributed by atoms with Gasteiger partial charge in [-0.2, -0.15) is 0 Å². The van der Waals surface area contributed by atoms with E-state index in [-0.39, 0.29) is 0 Å². The molecule has 1 aliphatic rings. The van der Waals surface area contributed by atoms with Crippen molar-refractivity contribution in [2.45, 2.75) is 13.3 Å². The van der Waals surface area contributed by atoms with E-state index in [0.717, 1.165) is 25.3 Å². The average molecular weight is 248 g/mol. The Balaban J connectivity index is 1.87. The first-order valence-electron chi connectivity index (χ1n) is 6.48. The molecule has 98 valence electrons. The molecule has 4 heteroatoms. The highest BCUT2D eigenvalue weighted by atomic mass is 16.4. The van der Waals surface area contributed by atoms with Crippen molar-refractivity contribution in [1.82, 2.24) is 4.90 Å². The summed E-state index contributed by atoms with van der Waals surface area (Å²) < 4.78 is 0.